The van der Waals surface area contributed by atoms with Gasteiger partial charge in [0.25, 0.3) is 5.91 Å². The van der Waals surface area contributed by atoms with Crippen molar-refractivity contribution in [2.24, 2.45) is 5.92 Å². The van der Waals surface area contributed by atoms with E-state index in [0.717, 1.165) is 22.6 Å². The van der Waals surface area contributed by atoms with E-state index < -0.39 is 4.87 Å². The summed E-state index contributed by atoms with van der Waals surface area (Å²) < 4.78 is 0. The van der Waals surface area contributed by atoms with Gasteiger partial charge in [0.05, 0.1) is 12.2 Å². The first-order valence-corrected chi connectivity index (χ1v) is 10.8. The van der Waals surface area contributed by atoms with Gasteiger partial charge in [-0.25, -0.2) is 0 Å². The van der Waals surface area contributed by atoms with Gasteiger partial charge in [-0.1, -0.05) is 61.9 Å². The molecule has 2 aromatic carbocycles. The molecular weight excluding hydrogens is 368 g/mol. The van der Waals surface area contributed by atoms with Crippen molar-refractivity contribution < 1.29 is 9.59 Å². The summed E-state index contributed by atoms with van der Waals surface area (Å²) in [5.74, 6) is 1.13. The molecule has 1 atom stereocenters. The zero-order valence-corrected chi connectivity index (χ0v) is 17.5. The van der Waals surface area contributed by atoms with Gasteiger partial charge in [0.15, 0.2) is 4.87 Å². The number of nitrogens with zero attached hydrogens (tertiary/aromatic N) is 2. The minimum Gasteiger partial charge on any atom is -0.315 e. The highest BCUT2D eigenvalue weighted by molar-refractivity contribution is 8.01. The molecule has 146 valence electrons. The van der Waals surface area contributed by atoms with Crippen LogP contribution in [0.25, 0.3) is 0 Å². The third-order valence-electron chi connectivity index (χ3n) is 5.45. The SMILES string of the molecule is Cc1ccc(CN2C(=O)C3(SCCN3C(=O)CC(C)C)c3ccccc32)cc1. The van der Waals surface area contributed by atoms with Gasteiger partial charge in [0, 0.05) is 24.3 Å². The predicted molar refractivity (Wildman–Crippen MR) is 114 cm³/mol. The van der Waals surface area contributed by atoms with Gasteiger partial charge in [-0.15, -0.1) is 11.8 Å². The average Bonchev–Trinajstić information content (AvgIpc) is 3.21. The molecule has 2 aliphatic rings. The van der Waals surface area contributed by atoms with Gasteiger partial charge in [0.2, 0.25) is 5.91 Å². The van der Waals surface area contributed by atoms with Crippen LogP contribution in [0.3, 0.4) is 0 Å². The summed E-state index contributed by atoms with van der Waals surface area (Å²) >= 11 is 1.60. The second kappa shape index (κ2) is 7.28. The number of rotatable bonds is 4. The Morgan fingerprint density at radius 1 is 1.14 bits per heavy atom. The molecule has 28 heavy (non-hydrogen) atoms. The van der Waals surface area contributed by atoms with Crippen LogP contribution < -0.4 is 4.90 Å². The molecular formula is C23H26N2O2S. The minimum atomic E-state index is -0.909. The van der Waals surface area contributed by atoms with Gasteiger partial charge in [-0.05, 0) is 24.5 Å². The smallest absolute Gasteiger partial charge is 0.268 e. The Bertz CT molecular complexity index is 909. The molecule has 2 aliphatic heterocycles. The summed E-state index contributed by atoms with van der Waals surface area (Å²) in [7, 11) is 0. The van der Waals surface area contributed by atoms with Crippen LogP contribution >= 0.6 is 11.8 Å². The fourth-order valence-corrected chi connectivity index (χ4v) is 5.60. The number of hydrogen-bond donors (Lipinski definition) is 0. The Morgan fingerprint density at radius 3 is 2.57 bits per heavy atom. The third-order valence-corrected chi connectivity index (χ3v) is 6.87. The number of hydrogen-bond acceptors (Lipinski definition) is 3. The van der Waals surface area contributed by atoms with E-state index in [2.05, 4.69) is 31.2 Å². The van der Waals surface area contributed by atoms with E-state index in [4.69, 9.17) is 0 Å². The van der Waals surface area contributed by atoms with Crippen LogP contribution in [-0.2, 0) is 21.0 Å². The van der Waals surface area contributed by atoms with Crippen molar-refractivity contribution >= 4 is 29.3 Å². The van der Waals surface area contributed by atoms with Gasteiger partial charge in [-0.3, -0.25) is 9.59 Å². The summed E-state index contributed by atoms with van der Waals surface area (Å²) in [4.78, 5) is 29.6. The number of para-hydroxylation sites is 1. The van der Waals surface area contributed by atoms with Crippen LogP contribution in [0, 0.1) is 12.8 Å². The molecule has 0 radical (unpaired) electrons. The lowest BCUT2D eigenvalue weighted by Crippen LogP contribution is -2.50. The maximum absolute atomic E-state index is 13.8. The average molecular weight is 395 g/mol. The molecule has 1 saturated heterocycles. The third kappa shape index (κ3) is 3.02. The first kappa shape index (κ1) is 19.1. The predicted octanol–water partition coefficient (Wildman–Crippen LogP) is 4.32. The Morgan fingerprint density at radius 2 is 1.86 bits per heavy atom. The Balaban J connectivity index is 1.74. The molecule has 2 heterocycles. The van der Waals surface area contributed by atoms with Crippen molar-refractivity contribution in [3.05, 3.63) is 65.2 Å². The highest BCUT2D eigenvalue weighted by atomic mass is 32.2. The van der Waals surface area contributed by atoms with E-state index in [1.807, 2.05) is 47.9 Å². The number of thioether (sulfide) groups is 1. The van der Waals surface area contributed by atoms with Gasteiger partial charge in [-0.2, -0.15) is 0 Å². The van der Waals surface area contributed by atoms with E-state index in [9.17, 15) is 9.59 Å². The number of aryl methyl sites for hydroxylation is 1. The number of amides is 2. The van der Waals surface area contributed by atoms with E-state index >= 15 is 0 Å². The molecule has 2 amide bonds. The lowest BCUT2D eigenvalue weighted by atomic mass is 10.0. The standard InChI is InChI=1S/C23H26N2O2S/c1-16(2)14-21(26)25-12-13-28-23(25)19-6-4-5-7-20(19)24(22(23)27)15-18-10-8-17(3)9-11-18/h4-11,16H,12-15H2,1-3H3. The van der Waals surface area contributed by atoms with Crippen LogP contribution in [0.15, 0.2) is 48.5 Å². The summed E-state index contributed by atoms with van der Waals surface area (Å²) in [5.41, 5.74) is 4.16. The van der Waals surface area contributed by atoms with Crippen molar-refractivity contribution in [1.29, 1.82) is 0 Å². The van der Waals surface area contributed by atoms with E-state index in [-0.39, 0.29) is 17.7 Å². The lowest BCUT2D eigenvalue weighted by Gasteiger charge is -2.33. The maximum atomic E-state index is 13.8. The molecule has 0 aromatic heterocycles. The molecule has 4 nitrogen and oxygen atoms in total. The molecule has 5 heteroatoms. The second-order valence-corrected chi connectivity index (χ2v) is 9.32. The van der Waals surface area contributed by atoms with Crippen LogP contribution in [0.5, 0.6) is 0 Å². The zero-order valence-electron chi connectivity index (χ0n) is 16.6. The van der Waals surface area contributed by atoms with Crippen LogP contribution in [-0.4, -0.2) is 29.0 Å². The first-order valence-electron chi connectivity index (χ1n) is 9.85. The zero-order chi connectivity index (χ0) is 19.9. The molecule has 1 fully saturated rings. The number of anilines is 1. The second-order valence-electron chi connectivity index (χ2n) is 8.03. The molecule has 0 aliphatic carbocycles. The lowest BCUT2D eigenvalue weighted by molar-refractivity contribution is -0.140. The summed E-state index contributed by atoms with van der Waals surface area (Å²) in [6.45, 7) is 7.28. The molecule has 1 unspecified atom stereocenters. The number of carbonyl (C=O) groups is 2. The van der Waals surface area contributed by atoms with Gasteiger partial charge >= 0.3 is 0 Å². The van der Waals surface area contributed by atoms with Crippen LogP contribution in [0.1, 0.15) is 37.0 Å². The molecule has 0 saturated carbocycles. The van der Waals surface area contributed by atoms with Crippen molar-refractivity contribution in [2.75, 3.05) is 17.2 Å². The summed E-state index contributed by atoms with van der Waals surface area (Å²) in [6.07, 6.45) is 0.468. The normalized spacial score (nSPS) is 21.1. The fraction of sp³-hybridized carbons (Fsp3) is 0.391. The number of benzene rings is 2. The summed E-state index contributed by atoms with van der Waals surface area (Å²) in [5, 5.41) is 0. The minimum absolute atomic E-state index is 0.00822. The Hall–Kier alpha value is -2.27. The monoisotopic (exact) mass is 394 g/mol. The Labute approximate surface area is 170 Å². The van der Waals surface area contributed by atoms with Gasteiger partial charge < -0.3 is 9.80 Å². The van der Waals surface area contributed by atoms with Crippen LogP contribution in [0.4, 0.5) is 5.69 Å². The van der Waals surface area contributed by atoms with Crippen molar-refractivity contribution in [3.8, 4) is 0 Å². The van der Waals surface area contributed by atoms with Gasteiger partial charge in [0.1, 0.15) is 0 Å². The van der Waals surface area contributed by atoms with Crippen molar-refractivity contribution in [2.45, 2.75) is 38.6 Å². The van der Waals surface area contributed by atoms with Crippen molar-refractivity contribution in [1.82, 2.24) is 4.90 Å². The highest BCUT2D eigenvalue weighted by Gasteiger charge is 2.59. The topological polar surface area (TPSA) is 40.6 Å². The molecule has 0 bridgehead atoms. The summed E-state index contributed by atoms with van der Waals surface area (Å²) in [6, 6.07) is 16.2. The quantitative estimate of drug-likeness (QED) is 0.776. The van der Waals surface area contributed by atoms with E-state index in [1.165, 1.54) is 5.56 Å². The number of fused-ring (bicyclic) bond motifs is 2. The first-order chi connectivity index (χ1) is 13.4. The molecule has 2 aromatic rings. The largest absolute Gasteiger partial charge is 0.315 e. The van der Waals surface area contributed by atoms with E-state index in [0.29, 0.717) is 19.5 Å². The fourth-order valence-electron chi connectivity index (χ4n) is 4.12. The Kier molecular flexibility index (Phi) is 4.96. The molecule has 1 spiro atoms. The number of carbonyl (C=O) groups excluding carboxylic acids is 2. The molecule has 4 rings (SSSR count). The maximum Gasteiger partial charge on any atom is 0.268 e. The molecule has 0 N–H and O–H groups in total. The van der Waals surface area contributed by atoms with E-state index in [1.54, 1.807) is 11.8 Å². The highest BCUT2D eigenvalue weighted by Crippen LogP contribution is 2.54. The van der Waals surface area contributed by atoms with Crippen LogP contribution in [0.2, 0.25) is 0 Å². The van der Waals surface area contributed by atoms with Crippen molar-refractivity contribution in [3.63, 3.8) is 0 Å².